The van der Waals surface area contributed by atoms with Gasteiger partial charge in [0.05, 0.1) is 12.8 Å². The van der Waals surface area contributed by atoms with E-state index in [0.717, 1.165) is 55.5 Å². The molecule has 1 aromatic heterocycles. The van der Waals surface area contributed by atoms with Crippen molar-refractivity contribution in [2.45, 2.75) is 70.4 Å². The van der Waals surface area contributed by atoms with Crippen LogP contribution in [0.5, 0.6) is 0 Å². The molecule has 2 heterocycles. The summed E-state index contributed by atoms with van der Waals surface area (Å²) in [6.45, 7) is 2.08. The van der Waals surface area contributed by atoms with Gasteiger partial charge in [-0.15, -0.1) is 0 Å². The molecule has 7 nitrogen and oxygen atoms in total. The van der Waals surface area contributed by atoms with E-state index < -0.39 is 11.6 Å². The van der Waals surface area contributed by atoms with Crippen molar-refractivity contribution in [2.75, 3.05) is 6.54 Å². The first-order valence-corrected chi connectivity index (χ1v) is 10.7. The Morgan fingerprint density at radius 1 is 1.31 bits per heavy atom. The van der Waals surface area contributed by atoms with Crippen molar-refractivity contribution in [2.24, 2.45) is 5.92 Å². The normalized spacial score (nSPS) is 27.1. The zero-order chi connectivity index (χ0) is 20.4. The van der Waals surface area contributed by atoms with Gasteiger partial charge in [0, 0.05) is 5.70 Å². The van der Waals surface area contributed by atoms with Crippen LogP contribution < -0.4 is 5.32 Å². The summed E-state index contributed by atoms with van der Waals surface area (Å²) in [5.41, 5.74) is 0.108. The van der Waals surface area contributed by atoms with E-state index in [1.54, 1.807) is 17.2 Å². The average molecular weight is 399 g/mol. The van der Waals surface area contributed by atoms with E-state index in [0.29, 0.717) is 18.7 Å². The monoisotopic (exact) mass is 399 g/mol. The van der Waals surface area contributed by atoms with E-state index in [1.807, 2.05) is 13.0 Å². The Balaban J connectivity index is 1.53. The minimum absolute atomic E-state index is 0.0769. The van der Waals surface area contributed by atoms with E-state index in [-0.39, 0.29) is 24.3 Å². The van der Waals surface area contributed by atoms with Gasteiger partial charge in [0.25, 0.3) is 5.91 Å². The van der Waals surface area contributed by atoms with E-state index >= 15 is 0 Å². The second-order valence-corrected chi connectivity index (χ2v) is 8.44. The second-order valence-electron chi connectivity index (χ2n) is 8.44. The number of amides is 4. The van der Waals surface area contributed by atoms with Crippen molar-refractivity contribution in [3.05, 3.63) is 35.9 Å². The van der Waals surface area contributed by atoms with Gasteiger partial charge in [0.1, 0.15) is 17.8 Å². The van der Waals surface area contributed by atoms with Crippen LogP contribution in [0.25, 0.3) is 0 Å². The molecule has 4 amide bonds. The van der Waals surface area contributed by atoms with Crippen molar-refractivity contribution in [1.29, 1.82) is 0 Å². The maximum atomic E-state index is 13.2. The Morgan fingerprint density at radius 2 is 2.17 bits per heavy atom. The van der Waals surface area contributed by atoms with Crippen molar-refractivity contribution < 1.29 is 18.8 Å². The highest BCUT2D eigenvalue weighted by Crippen LogP contribution is 2.38. The molecular weight excluding hydrogens is 370 g/mol. The quantitative estimate of drug-likeness (QED) is 0.768. The first-order chi connectivity index (χ1) is 14.0. The summed E-state index contributed by atoms with van der Waals surface area (Å²) in [5.74, 6) is 0.254. The molecule has 7 heteroatoms. The molecule has 1 aromatic rings. The summed E-state index contributed by atoms with van der Waals surface area (Å²) in [7, 11) is 0. The summed E-state index contributed by atoms with van der Waals surface area (Å²) < 4.78 is 5.44. The molecule has 1 saturated carbocycles. The number of rotatable bonds is 5. The molecule has 1 aliphatic heterocycles. The number of hydrogen-bond donors (Lipinski definition) is 1. The smallest absolute Gasteiger partial charge is 0.325 e. The molecule has 2 aliphatic carbocycles. The van der Waals surface area contributed by atoms with Crippen LogP contribution in [-0.4, -0.2) is 39.7 Å². The number of nitrogens with one attached hydrogen (secondary N) is 1. The summed E-state index contributed by atoms with van der Waals surface area (Å²) in [6, 6.07) is 3.17. The lowest BCUT2D eigenvalue weighted by Crippen LogP contribution is -2.54. The number of carbonyl (C=O) groups is 3. The lowest BCUT2D eigenvalue weighted by atomic mass is 9.73. The third-order valence-corrected chi connectivity index (χ3v) is 6.60. The number of nitrogens with zero attached hydrogens (tertiary/aromatic N) is 2. The maximum absolute atomic E-state index is 13.2. The molecule has 1 saturated heterocycles. The predicted octanol–water partition coefficient (Wildman–Crippen LogP) is 3.57. The van der Waals surface area contributed by atoms with Crippen LogP contribution >= 0.6 is 0 Å². The molecule has 1 N–H and O–H groups in total. The third kappa shape index (κ3) is 3.70. The molecular formula is C22H29N3O4. The highest BCUT2D eigenvalue weighted by atomic mass is 16.3. The molecule has 0 bridgehead atoms. The summed E-state index contributed by atoms with van der Waals surface area (Å²) in [5, 5.41) is 2.92. The van der Waals surface area contributed by atoms with Gasteiger partial charge < -0.3 is 14.6 Å². The number of hydrogen-bond acceptors (Lipinski definition) is 4. The highest BCUT2D eigenvalue weighted by Gasteiger charge is 2.55. The lowest BCUT2D eigenvalue weighted by molar-refractivity contribution is -0.140. The van der Waals surface area contributed by atoms with Crippen molar-refractivity contribution >= 4 is 17.8 Å². The van der Waals surface area contributed by atoms with Crippen LogP contribution in [0.2, 0.25) is 0 Å². The number of allylic oxidation sites excluding steroid dienone is 2. The minimum Gasteiger partial charge on any atom is -0.467 e. The lowest BCUT2D eigenvalue weighted by Gasteiger charge is -2.37. The van der Waals surface area contributed by atoms with Crippen LogP contribution in [0.4, 0.5) is 4.79 Å². The summed E-state index contributed by atoms with van der Waals surface area (Å²) in [4.78, 5) is 41.9. The zero-order valence-electron chi connectivity index (χ0n) is 17.0. The van der Waals surface area contributed by atoms with Crippen LogP contribution in [0.15, 0.2) is 34.6 Å². The Hall–Kier alpha value is -2.57. The van der Waals surface area contributed by atoms with E-state index in [1.165, 1.54) is 0 Å². The molecule has 1 spiro atoms. The van der Waals surface area contributed by atoms with Gasteiger partial charge in [-0.1, -0.05) is 25.8 Å². The van der Waals surface area contributed by atoms with Gasteiger partial charge in [0.2, 0.25) is 5.91 Å². The first-order valence-electron chi connectivity index (χ1n) is 10.7. The van der Waals surface area contributed by atoms with Gasteiger partial charge in [-0.05, 0) is 56.6 Å². The van der Waals surface area contributed by atoms with Crippen molar-refractivity contribution in [1.82, 2.24) is 15.1 Å². The molecule has 0 aromatic carbocycles. The molecule has 0 unspecified atom stereocenters. The summed E-state index contributed by atoms with van der Waals surface area (Å²) >= 11 is 0. The number of imide groups is 1. The second kappa shape index (κ2) is 8.05. The van der Waals surface area contributed by atoms with Gasteiger partial charge in [-0.2, -0.15) is 0 Å². The van der Waals surface area contributed by atoms with Crippen LogP contribution in [-0.2, 0) is 16.1 Å². The Kier molecular flexibility index (Phi) is 5.48. The fraction of sp³-hybridized carbons (Fsp3) is 0.591. The fourth-order valence-corrected chi connectivity index (χ4v) is 4.83. The van der Waals surface area contributed by atoms with E-state index in [9.17, 15) is 14.4 Å². The molecule has 3 aliphatic rings. The Morgan fingerprint density at radius 3 is 2.86 bits per heavy atom. The van der Waals surface area contributed by atoms with Gasteiger partial charge >= 0.3 is 6.03 Å². The third-order valence-electron chi connectivity index (χ3n) is 6.60. The minimum atomic E-state index is -0.842. The first kappa shape index (κ1) is 19.7. The number of furan rings is 1. The Labute approximate surface area is 171 Å². The highest BCUT2D eigenvalue weighted by molar-refractivity contribution is 6.09. The van der Waals surface area contributed by atoms with Crippen LogP contribution in [0.1, 0.15) is 64.1 Å². The SMILES string of the molecule is C[C@H]1CCCC[C@]12NC(=O)N(CC(=O)N(Cc1ccco1)C1=CCCCC1)C2=O. The molecule has 2 fully saturated rings. The van der Waals surface area contributed by atoms with Gasteiger partial charge in [-0.25, -0.2) is 4.79 Å². The molecule has 2 atom stereocenters. The van der Waals surface area contributed by atoms with Crippen LogP contribution in [0.3, 0.4) is 0 Å². The van der Waals surface area contributed by atoms with Crippen LogP contribution in [0, 0.1) is 5.92 Å². The maximum Gasteiger partial charge on any atom is 0.325 e. The van der Waals surface area contributed by atoms with Gasteiger partial charge in [-0.3, -0.25) is 14.5 Å². The van der Waals surface area contributed by atoms with Gasteiger partial charge in [0.15, 0.2) is 0 Å². The fourth-order valence-electron chi connectivity index (χ4n) is 4.83. The zero-order valence-corrected chi connectivity index (χ0v) is 17.0. The predicted molar refractivity (Wildman–Crippen MR) is 106 cm³/mol. The van der Waals surface area contributed by atoms with E-state index in [4.69, 9.17) is 4.42 Å². The molecule has 0 radical (unpaired) electrons. The van der Waals surface area contributed by atoms with Crippen molar-refractivity contribution in [3.63, 3.8) is 0 Å². The molecule has 4 rings (SSSR count). The number of urea groups is 1. The Bertz CT molecular complexity index is 816. The topological polar surface area (TPSA) is 82.9 Å². The summed E-state index contributed by atoms with van der Waals surface area (Å²) in [6.07, 6.45) is 11.1. The number of carbonyl (C=O) groups excluding carboxylic acids is 3. The standard InChI is InChI=1S/C22H29N3O4/c1-16-8-5-6-12-22(16)20(27)25(21(28)23-22)15-19(26)24(14-18-11-7-13-29-18)17-9-3-2-4-10-17/h7,9,11,13,16H,2-6,8,10,12,14-15H2,1H3,(H,23,28)/t16-,22-/m0/s1. The largest absolute Gasteiger partial charge is 0.467 e. The molecule has 29 heavy (non-hydrogen) atoms. The van der Waals surface area contributed by atoms with E-state index in [2.05, 4.69) is 11.4 Å². The average Bonchev–Trinajstić information content (AvgIpc) is 3.32. The van der Waals surface area contributed by atoms with Crippen molar-refractivity contribution in [3.8, 4) is 0 Å². The molecule has 156 valence electrons.